The van der Waals surface area contributed by atoms with Gasteiger partial charge in [0, 0.05) is 19.3 Å². The van der Waals surface area contributed by atoms with Gasteiger partial charge in [-0.1, -0.05) is 42.5 Å². The van der Waals surface area contributed by atoms with E-state index in [2.05, 4.69) is 39.1 Å². The van der Waals surface area contributed by atoms with Crippen molar-refractivity contribution in [2.45, 2.75) is 39.7 Å². The fraction of sp³-hybridized carbons (Fsp3) is 0.346. The molecular formula is C26H29N3O3. The number of carboxylic acids is 1. The van der Waals surface area contributed by atoms with Crippen LogP contribution in [0.15, 0.2) is 54.7 Å². The molecule has 1 fully saturated rings. The smallest absolute Gasteiger partial charge is 0.339 e. The second-order valence-electron chi connectivity index (χ2n) is 8.44. The summed E-state index contributed by atoms with van der Waals surface area (Å²) in [6.45, 7) is 5.83. The van der Waals surface area contributed by atoms with Gasteiger partial charge in [-0.15, -0.1) is 0 Å². The molecule has 2 aromatic carbocycles. The zero-order valence-corrected chi connectivity index (χ0v) is 18.6. The molecule has 6 heteroatoms. The van der Waals surface area contributed by atoms with Gasteiger partial charge in [0.2, 0.25) is 5.95 Å². The Morgan fingerprint density at radius 2 is 1.84 bits per heavy atom. The zero-order chi connectivity index (χ0) is 22.5. The normalized spacial score (nSPS) is 14.4. The molecule has 0 unspecified atom stereocenters. The maximum Gasteiger partial charge on any atom is 0.339 e. The minimum absolute atomic E-state index is 0.0815. The van der Waals surface area contributed by atoms with Crippen LogP contribution in [0.25, 0.3) is 0 Å². The number of piperidine rings is 1. The summed E-state index contributed by atoms with van der Waals surface area (Å²) in [5.74, 6) is 0.910. The lowest BCUT2D eigenvalue weighted by molar-refractivity contribution is 0.0692. The predicted octanol–water partition coefficient (Wildman–Crippen LogP) is 4.83. The van der Waals surface area contributed by atoms with Gasteiger partial charge in [-0.3, -0.25) is 0 Å². The van der Waals surface area contributed by atoms with E-state index in [1.165, 1.54) is 11.8 Å². The fourth-order valence-electron chi connectivity index (χ4n) is 4.16. The second-order valence-corrected chi connectivity index (χ2v) is 8.44. The van der Waals surface area contributed by atoms with Crippen LogP contribution in [0.4, 0.5) is 5.95 Å². The van der Waals surface area contributed by atoms with Gasteiger partial charge in [0.15, 0.2) is 0 Å². The Kier molecular flexibility index (Phi) is 6.69. The van der Waals surface area contributed by atoms with Crippen molar-refractivity contribution < 1.29 is 14.6 Å². The van der Waals surface area contributed by atoms with Crippen molar-refractivity contribution in [1.82, 2.24) is 9.97 Å². The van der Waals surface area contributed by atoms with Crippen LogP contribution in [-0.4, -0.2) is 34.1 Å². The molecule has 6 nitrogen and oxygen atoms in total. The van der Waals surface area contributed by atoms with E-state index in [0.717, 1.165) is 49.2 Å². The molecule has 1 N–H and O–H groups in total. The first-order valence-corrected chi connectivity index (χ1v) is 11.1. The van der Waals surface area contributed by atoms with Crippen molar-refractivity contribution in [3.05, 3.63) is 82.7 Å². The van der Waals surface area contributed by atoms with Gasteiger partial charge in [-0.2, -0.15) is 0 Å². The molecular weight excluding hydrogens is 402 g/mol. The van der Waals surface area contributed by atoms with Crippen LogP contribution in [0.5, 0.6) is 5.75 Å². The molecule has 2 heterocycles. The van der Waals surface area contributed by atoms with Gasteiger partial charge in [0.05, 0.1) is 5.69 Å². The van der Waals surface area contributed by atoms with Gasteiger partial charge in [0.25, 0.3) is 0 Å². The average molecular weight is 432 g/mol. The lowest BCUT2D eigenvalue weighted by Crippen LogP contribution is -2.35. The summed E-state index contributed by atoms with van der Waals surface area (Å²) < 4.78 is 5.95. The summed E-state index contributed by atoms with van der Waals surface area (Å²) in [7, 11) is 0. The molecule has 0 bridgehead atoms. The van der Waals surface area contributed by atoms with E-state index in [9.17, 15) is 9.90 Å². The van der Waals surface area contributed by atoms with E-state index in [0.29, 0.717) is 17.6 Å². The third-order valence-corrected chi connectivity index (χ3v) is 6.27. The van der Waals surface area contributed by atoms with Crippen molar-refractivity contribution in [3.8, 4) is 5.75 Å². The first-order chi connectivity index (χ1) is 15.5. The van der Waals surface area contributed by atoms with Crippen LogP contribution in [0.1, 0.15) is 45.6 Å². The second kappa shape index (κ2) is 9.81. The number of aryl methyl sites for hydroxylation is 1. The van der Waals surface area contributed by atoms with Gasteiger partial charge in [0.1, 0.15) is 17.9 Å². The molecule has 0 atom stereocenters. The van der Waals surface area contributed by atoms with Crippen molar-refractivity contribution in [1.29, 1.82) is 0 Å². The number of carboxylic acid groups (broad SMARTS) is 1. The fourth-order valence-corrected chi connectivity index (χ4v) is 4.16. The predicted molar refractivity (Wildman–Crippen MR) is 124 cm³/mol. The van der Waals surface area contributed by atoms with Gasteiger partial charge in [-0.05, 0) is 61.8 Å². The number of rotatable bonds is 7. The average Bonchev–Trinajstić information content (AvgIpc) is 2.81. The van der Waals surface area contributed by atoms with Crippen LogP contribution < -0.4 is 9.64 Å². The SMILES string of the molecule is Cc1cccc(OCc2nc(N3CCC(Cc4ccccc4)CC3)ncc2C(=O)O)c1C. The molecule has 1 aliphatic heterocycles. The summed E-state index contributed by atoms with van der Waals surface area (Å²) in [6, 6.07) is 16.4. The Labute approximate surface area is 188 Å². The molecule has 0 saturated carbocycles. The van der Waals surface area contributed by atoms with Crippen molar-refractivity contribution in [2.75, 3.05) is 18.0 Å². The van der Waals surface area contributed by atoms with E-state index in [1.54, 1.807) is 0 Å². The summed E-state index contributed by atoms with van der Waals surface area (Å²) in [5.41, 5.74) is 4.02. The first-order valence-electron chi connectivity index (χ1n) is 11.1. The van der Waals surface area contributed by atoms with Gasteiger partial charge < -0.3 is 14.7 Å². The van der Waals surface area contributed by atoms with Gasteiger partial charge >= 0.3 is 5.97 Å². The van der Waals surface area contributed by atoms with Crippen LogP contribution >= 0.6 is 0 Å². The molecule has 4 rings (SSSR count). The Bertz CT molecular complexity index is 1080. The zero-order valence-electron chi connectivity index (χ0n) is 18.6. The number of benzene rings is 2. The monoisotopic (exact) mass is 431 g/mol. The highest BCUT2D eigenvalue weighted by Crippen LogP contribution is 2.26. The standard InChI is InChI=1S/C26H29N3O3/c1-18-7-6-10-24(19(18)2)32-17-23-22(25(30)31)16-27-26(28-23)29-13-11-21(12-14-29)15-20-8-4-3-5-9-20/h3-10,16,21H,11-15,17H2,1-2H3,(H,30,31). The summed E-state index contributed by atoms with van der Waals surface area (Å²) in [4.78, 5) is 22.8. The summed E-state index contributed by atoms with van der Waals surface area (Å²) in [6.07, 6.45) is 4.62. The molecule has 0 aliphatic carbocycles. The van der Waals surface area contributed by atoms with E-state index in [1.807, 2.05) is 38.1 Å². The van der Waals surface area contributed by atoms with Crippen LogP contribution in [0, 0.1) is 19.8 Å². The number of hydrogen-bond acceptors (Lipinski definition) is 5. The quantitative estimate of drug-likeness (QED) is 0.577. The molecule has 0 spiro atoms. The molecule has 0 amide bonds. The highest BCUT2D eigenvalue weighted by molar-refractivity contribution is 5.88. The van der Waals surface area contributed by atoms with E-state index < -0.39 is 5.97 Å². The number of aromatic carboxylic acids is 1. The third-order valence-electron chi connectivity index (χ3n) is 6.27. The Balaban J connectivity index is 1.44. The Hall–Kier alpha value is -3.41. The number of carbonyl (C=O) groups is 1. The molecule has 1 aliphatic rings. The Morgan fingerprint density at radius 1 is 1.09 bits per heavy atom. The van der Waals surface area contributed by atoms with E-state index >= 15 is 0 Å². The lowest BCUT2D eigenvalue weighted by Gasteiger charge is -2.32. The van der Waals surface area contributed by atoms with Crippen LogP contribution in [0.3, 0.4) is 0 Å². The van der Waals surface area contributed by atoms with Crippen LogP contribution in [0.2, 0.25) is 0 Å². The molecule has 1 aromatic heterocycles. The van der Waals surface area contributed by atoms with Crippen molar-refractivity contribution >= 4 is 11.9 Å². The molecule has 32 heavy (non-hydrogen) atoms. The van der Waals surface area contributed by atoms with E-state index in [-0.39, 0.29) is 12.2 Å². The van der Waals surface area contributed by atoms with Gasteiger partial charge in [-0.25, -0.2) is 14.8 Å². The minimum Gasteiger partial charge on any atom is -0.487 e. The Morgan fingerprint density at radius 3 is 2.56 bits per heavy atom. The van der Waals surface area contributed by atoms with E-state index in [4.69, 9.17) is 4.74 Å². The maximum atomic E-state index is 11.7. The summed E-state index contributed by atoms with van der Waals surface area (Å²) in [5, 5.41) is 9.59. The van der Waals surface area contributed by atoms with Crippen molar-refractivity contribution in [2.24, 2.45) is 5.92 Å². The molecule has 166 valence electrons. The third kappa shape index (κ3) is 5.07. The molecule has 3 aromatic rings. The number of ether oxygens (including phenoxy) is 1. The summed E-state index contributed by atoms with van der Waals surface area (Å²) >= 11 is 0. The van der Waals surface area contributed by atoms with Crippen molar-refractivity contribution in [3.63, 3.8) is 0 Å². The first kappa shape index (κ1) is 21.8. The highest BCUT2D eigenvalue weighted by atomic mass is 16.5. The lowest BCUT2D eigenvalue weighted by atomic mass is 9.90. The minimum atomic E-state index is -1.04. The largest absolute Gasteiger partial charge is 0.487 e. The topological polar surface area (TPSA) is 75.5 Å². The number of hydrogen-bond donors (Lipinski definition) is 1. The number of nitrogens with zero attached hydrogens (tertiary/aromatic N) is 3. The molecule has 1 saturated heterocycles. The number of aromatic nitrogens is 2. The molecule has 0 radical (unpaired) electrons. The maximum absolute atomic E-state index is 11.7. The number of anilines is 1. The van der Waals surface area contributed by atoms with Crippen LogP contribution in [-0.2, 0) is 13.0 Å². The highest BCUT2D eigenvalue weighted by Gasteiger charge is 2.23.